The average molecular weight is 634 g/mol. The molecule has 4 heteroatoms. The standard InChI is InChI=1S/C41H79NO3/c1-3-5-7-9-11-13-14-15-16-17-18-19-20-21-22-23-24-25-26-27-28-29-31-33-35-37-41(45)42-39(38-43)40(44)36-34-32-30-12-10-8-6-4-2/h17-18,34,36,39-40,43-44H,3-16,19-33,35,37-38H2,1-2H3,(H,42,45)/b18-17-,36-34+. The van der Waals surface area contributed by atoms with Crippen LogP contribution in [0.3, 0.4) is 0 Å². The zero-order valence-corrected chi connectivity index (χ0v) is 30.4. The van der Waals surface area contributed by atoms with Gasteiger partial charge in [0.05, 0.1) is 18.8 Å². The average Bonchev–Trinajstić information content (AvgIpc) is 3.04. The molecule has 0 saturated carbocycles. The maximum atomic E-state index is 12.3. The van der Waals surface area contributed by atoms with Crippen molar-refractivity contribution in [2.45, 2.75) is 225 Å². The van der Waals surface area contributed by atoms with Gasteiger partial charge in [0.25, 0.3) is 0 Å². The maximum absolute atomic E-state index is 12.3. The number of nitrogens with one attached hydrogen (secondary N) is 1. The van der Waals surface area contributed by atoms with E-state index in [-0.39, 0.29) is 12.5 Å². The summed E-state index contributed by atoms with van der Waals surface area (Å²) in [4.78, 5) is 12.3. The Labute approximate surface area is 281 Å². The minimum atomic E-state index is -0.833. The summed E-state index contributed by atoms with van der Waals surface area (Å²) in [6.45, 7) is 4.27. The van der Waals surface area contributed by atoms with Crippen molar-refractivity contribution in [1.29, 1.82) is 0 Å². The minimum Gasteiger partial charge on any atom is -0.394 e. The highest BCUT2D eigenvalue weighted by atomic mass is 16.3. The van der Waals surface area contributed by atoms with Crippen LogP contribution in [0.15, 0.2) is 24.3 Å². The van der Waals surface area contributed by atoms with E-state index >= 15 is 0 Å². The van der Waals surface area contributed by atoms with Crippen molar-refractivity contribution in [3.8, 4) is 0 Å². The molecule has 4 nitrogen and oxygen atoms in total. The zero-order valence-electron chi connectivity index (χ0n) is 30.4. The van der Waals surface area contributed by atoms with Crippen LogP contribution in [0.1, 0.15) is 213 Å². The summed E-state index contributed by atoms with van der Waals surface area (Å²) in [5.74, 6) is -0.0667. The first kappa shape index (κ1) is 43.9. The van der Waals surface area contributed by atoms with Gasteiger partial charge in [-0.15, -0.1) is 0 Å². The first-order valence-electron chi connectivity index (χ1n) is 20.1. The third kappa shape index (κ3) is 34.0. The quantitative estimate of drug-likeness (QED) is 0.0475. The largest absolute Gasteiger partial charge is 0.394 e. The number of aliphatic hydroxyl groups excluding tert-OH is 2. The second-order valence-corrected chi connectivity index (χ2v) is 13.7. The number of carbonyl (C=O) groups excluding carboxylic acids is 1. The molecule has 1 amide bonds. The molecule has 45 heavy (non-hydrogen) atoms. The van der Waals surface area contributed by atoms with Gasteiger partial charge in [0, 0.05) is 6.42 Å². The van der Waals surface area contributed by atoms with Crippen LogP contribution in [0, 0.1) is 0 Å². The van der Waals surface area contributed by atoms with Crippen molar-refractivity contribution < 1.29 is 15.0 Å². The second-order valence-electron chi connectivity index (χ2n) is 13.7. The lowest BCUT2D eigenvalue weighted by Gasteiger charge is -2.20. The summed E-state index contributed by atoms with van der Waals surface area (Å²) in [7, 11) is 0. The first-order chi connectivity index (χ1) is 22.2. The van der Waals surface area contributed by atoms with E-state index in [1.807, 2.05) is 6.08 Å². The molecule has 266 valence electrons. The zero-order chi connectivity index (χ0) is 32.9. The molecule has 0 rings (SSSR count). The molecule has 0 aromatic heterocycles. The summed E-state index contributed by atoms with van der Waals surface area (Å²) in [5.41, 5.74) is 0. The lowest BCUT2D eigenvalue weighted by Crippen LogP contribution is -2.45. The highest BCUT2D eigenvalue weighted by Gasteiger charge is 2.17. The van der Waals surface area contributed by atoms with Crippen LogP contribution in [0.2, 0.25) is 0 Å². The molecule has 3 N–H and O–H groups in total. The Morgan fingerprint density at radius 3 is 1.22 bits per heavy atom. The number of rotatable bonds is 36. The van der Waals surface area contributed by atoms with E-state index in [9.17, 15) is 15.0 Å². The smallest absolute Gasteiger partial charge is 0.220 e. The Hall–Kier alpha value is -1.13. The van der Waals surface area contributed by atoms with Crippen LogP contribution in [0.5, 0.6) is 0 Å². The lowest BCUT2D eigenvalue weighted by molar-refractivity contribution is -0.123. The lowest BCUT2D eigenvalue weighted by atomic mass is 10.0. The number of carbonyl (C=O) groups is 1. The van der Waals surface area contributed by atoms with Gasteiger partial charge in [-0.2, -0.15) is 0 Å². The molecule has 0 heterocycles. The summed E-state index contributed by atoms with van der Waals surface area (Å²) < 4.78 is 0. The number of hydrogen-bond donors (Lipinski definition) is 3. The summed E-state index contributed by atoms with van der Waals surface area (Å²) in [5, 5.41) is 22.8. The molecular formula is C41H79NO3. The summed E-state index contributed by atoms with van der Waals surface area (Å²) in [6.07, 6.45) is 47.2. The van der Waals surface area contributed by atoms with Gasteiger partial charge in [0.1, 0.15) is 0 Å². The fraction of sp³-hybridized carbons (Fsp3) is 0.878. The fourth-order valence-electron chi connectivity index (χ4n) is 6.05. The first-order valence-corrected chi connectivity index (χ1v) is 20.1. The third-order valence-electron chi connectivity index (χ3n) is 9.18. The molecular weight excluding hydrogens is 554 g/mol. The second kappa shape index (κ2) is 37.3. The minimum absolute atomic E-state index is 0.0667. The van der Waals surface area contributed by atoms with Gasteiger partial charge in [0.2, 0.25) is 5.91 Å². The topological polar surface area (TPSA) is 69.6 Å². The molecule has 2 atom stereocenters. The molecule has 0 bridgehead atoms. The molecule has 0 saturated heterocycles. The molecule has 0 aliphatic heterocycles. The van der Waals surface area contributed by atoms with Gasteiger partial charge in [-0.1, -0.05) is 186 Å². The summed E-state index contributed by atoms with van der Waals surface area (Å²) in [6, 6.07) is -0.616. The van der Waals surface area contributed by atoms with Crippen molar-refractivity contribution >= 4 is 5.91 Å². The number of allylic oxidation sites excluding steroid dienone is 3. The molecule has 0 aromatic carbocycles. The van der Waals surface area contributed by atoms with Gasteiger partial charge >= 0.3 is 0 Å². The monoisotopic (exact) mass is 634 g/mol. The van der Waals surface area contributed by atoms with Crippen LogP contribution in [0.4, 0.5) is 0 Å². The van der Waals surface area contributed by atoms with E-state index in [2.05, 4.69) is 31.3 Å². The molecule has 0 spiro atoms. The van der Waals surface area contributed by atoms with Crippen LogP contribution in [0.25, 0.3) is 0 Å². The van der Waals surface area contributed by atoms with Gasteiger partial charge in [-0.25, -0.2) is 0 Å². The summed E-state index contributed by atoms with van der Waals surface area (Å²) >= 11 is 0. The van der Waals surface area contributed by atoms with Crippen molar-refractivity contribution in [2.75, 3.05) is 6.61 Å². The van der Waals surface area contributed by atoms with E-state index in [1.165, 1.54) is 167 Å². The van der Waals surface area contributed by atoms with Crippen molar-refractivity contribution in [3.05, 3.63) is 24.3 Å². The SMILES string of the molecule is CCCCCCCC/C=C/C(O)C(CO)NC(=O)CCCCCCCCCCCCCCC/C=C\CCCCCCCCCC. The van der Waals surface area contributed by atoms with Crippen LogP contribution in [-0.2, 0) is 4.79 Å². The number of unbranched alkanes of at least 4 members (excludes halogenated alkanes) is 27. The van der Waals surface area contributed by atoms with Crippen molar-refractivity contribution in [1.82, 2.24) is 5.32 Å². The van der Waals surface area contributed by atoms with Gasteiger partial charge < -0.3 is 15.5 Å². The highest BCUT2D eigenvalue weighted by molar-refractivity contribution is 5.76. The van der Waals surface area contributed by atoms with E-state index in [4.69, 9.17) is 0 Å². The Balaban J connectivity index is 3.46. The molecule has 0 aliphatic rings. The number of aliphatic hydroxyl groups is 2. The van der Waals surface area contributed by atoms with Gasteiger partial charge in [-0.3, -0.25) is 4.79 Å². The molecule has 0 radical (unpaired) electrons. The van der Waals surface area contributed by atoms with E-state index in [0.717, 1.165) is 25.7 Å². The highest BCUT2D eigenvalue weighted by Crippen LogP contribution is 2.15. The Bertz CT molecular complexity index is 647. The normalized spacial score (nSPS) is 13.2. The Morgan fingerprint density at radius 1 is 0.511 bits per heavy atom. The Kier molecular flexibility index (Phi) is 36.4. The fourth-order valence-corrected chi connectivity index (χ4v) is 6.05. The predicted molar refractivity (Wildman–Crippen MR) is 198 cm³/mol. The van der Waals surface area contributed by atoms with Crippen LogP contribution >= 0.6 is 0 Å². The van der Waals surface area contributed by atoms with Gasteiger partial charge in [0.15, 0.2) is 0 Å². The number of amides is 1. The molecule has 2 unspecified atom stereocenters. The predicted octanol–water partition coefficient (Wildman–Crippen LogP) is 12.1. The molecule has 0 fully saturated rings. The maximum Gasteiger partial charge on any atom is 0.220 e. The number of hydrogen-bond acceptors (Lipinski definition) is 3. The molecule has 0 aromatic rings. The van der Waals surface area contributed by atoms with Crippen molar-refractivity contribution in [2.24, 2.45) is 0 Å². The van der Waals surface area contributed by atoms with Crippen LogP contribution < -0.4 is 5.32 Å². The Morgan fingerprint density at radius 2 is 0.844 bits per heavy atom. The van der Waals surface area contributed by atoms with E-state index in [0.29, 0.717) is 6.42 Å². The van der Waals surface area contributed by atoms with Crippen molar-refractivity contribution in [3.63, 3.8) is 0 Å². The van der Waals surface area contributed by atoms with Gasteiger partial charge in [-0.05, 0) is 44.9 Å². The van der Waals surface area contributed by atoms with E-state index in [1.54, 1.807) is 6.08 Å². The van der Waals surface area contributed by atoms with Crippen LogP contribution in [-0.4, -0.2) is 34.9 Å². The molecule has 0 aliphatic carbocycles. The van der Waals surface area contributed by atoms with E-state index < -0.39 is 12.1 Å². The third-order valence-corrected chi connectivity index (χ3v) is 9.18.